The van der Waals surface area contributed by atoms with Gasteiger partial charge in [-0.1, -0.05) is 38.8 Å². The molecule has 0 aromatic heterocycles. The summed E-state index contributed by atoms with van der Waals surface area (Å²) in [6.45, 7) is 2.14. The first kappa shape index (κ1) is 14.0. The normalized spacial score (nSPS) is 43.1. The number of aldehydes is 1. The van der Waals surface area contributed by atoms with E-state index >= 15 is 0 Å². The maximum Gasteiger partial charge on any atom is 0.122 e. The number of alkyl halides is 2. The molecule has 0 aromatic carbocycles. The summed E-state index contributed by atoms with van der Waals surface area (Å²) < 4.78 is 11.8. The van der Waals surface area contributed by atoms with Gasteiger partial charge in [0.2, 0.25) is 0 Å². The number of hydrogen-bond donors (Lipinski definition) is 0. The highest BCUT2D eigenvalue weighted by atomic mass is 79.9. The summed E-state index contributed by atoms with van der Waals surface area (Å²) in [4.78, 5) is 11.4. The lowest BCUT2D eigenvalue weighted by Crippen LogP contribution is -2.55. The van der Waals surface area contributed by atoms with Gasteiger partial charge >= 0.3 is 0 Å². The minimum Gasteiger partial charge on any atom is -0.371 e. The van der Waals surface area contributed by atoms with Crippen molar-refractivity contribution in [1.29, 1.82) is 0 Å². The fourth-order valence-electron chi connectivity index (χ4n) is 2.45. The van der Waals surface area contributed by atoms with Gasteiger partial charge < -0.3 is 14.3 Å². The van der Waals surface area contributed by atoms with Crippen LogP contribution in [0.5, 0.6) is 0 Å². The van der Waals surface area contributed by atoms with Crippen molar-refractivity contribution in [1.82, 2.24) is 0 Å². The molecular formula is C12H18Br2O3. The number of rotatable bonds is 4. The molecule has 98 valence electrons. The molecular weight excluding hydrogens is 352 g/mol. The highest BCUT2D eigenvalue weighted by molar-refractivity contribution is 9.09. The van der Waals surface area contributed by atoms with Crippen LogP contribution in [0.25, 0.3) is 0 Å². The Morgan fingerprint density at radius 1 is 1.35 bits per heavy atom. The summed E-state index contributed by atoms with van der Waals surface area (Å²) in [6.07, 6.45) is 4.79. The van der Waals surface area contributed by atoms with Crippen molar-refractivity contribution in [3.8, 4) is 0 Å². The molecule has 0 aliphatic carbocycles. The van der Waals surface area contributed by atoms with Crippen molar-refractivity contribution in [3.05, 3.63) is 0 Å². The summed E-state index contributed by atoms with van der Waals surface area (Å²) in [5.74, 6) is 0. The van der Waals surface area contributed by atoms with Gasteiger partial charge in [0.25, 0.3) is 0 Å². The number of ether oxygens (including phenoxy) is 2. The second kappa shape index (κ2) is 6.13. The molecule has 0 unspecified atom stereocenters. The summed E-state index contributed by atoms with van der Waals surface area (Å²) in [5, 5.41) is 0. The van der Waals surface area contributed by atoms with Gasteiger partial charge in [0.1, 0.15) is 6.29 Å². The quantitative estimate of drug-likeness (QED) is 0.564. The Morgan fingerprint density at radius 3 is 2.65 bits per heavy atom. The zero-order chi connectivity index (χ0) is 12.4. The molecule has 3 aliphatic rings. The van der Waals surface area contributed by atoms with Gasteiger partial charge in [0.15, 0.2) is 0 Å². The van der Waals surface area contributed by atoms with Crippen molar-refractivity contribution in [2.45, 2.75) is 66.7 Å². The number of hydrogen-bond acceptors (Lipinski definition) is 3. The highest BCUT2D eigenvalue weighted by Crippen LogP contribution is 2.38. The standard InChI is InChI=1S/C12H18Br2O3/c1-2-7(13)10-5-8(14)11-6-12(17-11)9(16-10)3-4-15/h4,7-12H,2-3,5-6H2,1H3/t7-,8-,9+,10-,11+,12-/m0/s1. The fraction of sp³-hybridized carbons (Fsp3) is 0.917. The molecule has 0 saturated carbocycles. The third-order valence-electron chi connectivity index (χ3n) is 3.56. The van der Waals surface area contributed by atoms with Crippen LogP contribution in [0.3, 0.4) is 0 Å². The number of carbonyl (C=O) groups is 1. The van der Waals surface area contributed by atoms with Crippen LogP contribution in [-0.4, -0.2) is 40.4 Å². The molecule has 0 spiro atoms. The van der Waals surface area contributed by atoms with Crippen molar-refractivity contribution in [2.75, 3.05) is 0 Å². The van der Waals surface area contributed by atoms with Gasteiger partial charge in [-0.2, -0.15) is 0 Å². The van der Waals surface area contributed by atoms with E-state index in [0.717, 1.165) is 25.5 Å². The zero-order valence-electron chi connectivity index (χ0n) is 9.85. The van der Waals surface area contributed by atoms with E-state index in [2.05, 4.69) is 38.8 Å². The first-order chi connectivity index (χ1) is 8.15. The van der Waals surface area contributed by atoms with Crippen LogP contribution < -0.4 is 0 Å². The minimum atomic E-state index is -0.0691. The molecule has 0 N–H and O–H groups in total. The lowest BCUT2D eigenvalue weighted by atomic mass is 9.91. The second-order valence-electron chi connectivity index (χ2n) is 4.74. The first-order valence-electron chi connectivity index (χ1n) is 6.18. The Kier molecular flexibility index (Phi) is 5.04. The number of fused-ring (bicyclic) bond motifs is 4. The summed E-state index contributed by atoms with van der Waals surface area (Å²) in [7, 11) is 0. The van der Waals surface area contributed by atoms with Gasteiger partial charge in [0, 0.05) is 22.5 Å². The van der Waals surface area contributed by atoms with Crippen LogP contribution in [0, 0.1) is 0 Å². The molecule has 0 amide bonds. The van der Waals surface area contributed by atoms with Gasteiger partial charge in [-0.3, -0.25) is 0 Å². The Balaban J connectivity index is 2.04. The third kappa shape index (κ3) is 3.11. The van der Waals surface area contributed by atoms with Crippen molar-refractivity contribution in [3.63, 3.8) is 0 Å². The zero-order valence-corrected chi connectivity index (χ0v) is 13.0. The molecule has 3 rings (SSSR count). The van der Waals surface area contributed by atoms with Gasteiger partial charge in [-0.05, 0) is 12.8 Å². The van der Waals surface area contributed by atoms with Crippen LogP contribution in [0.1, 0.15) is 32.6 Å². The molecule has 3 nitrogen and oxygen atoms in total. The average molecular weight is 370 g/mol. The molecule has 3 fully saturated rings. The molecule has 3 saturated heterocycles. The smallest absolute Gasteiger partial charge is 0.122 e. The van der Waals surface area contributed by atoms with E-state index in [1.165, 1.54) is 0 Å². The molecule has 3 aliphatic heterocycles. The van der Waals surface area contributed by atoms with Gasteiger partial charge in [0.05, 0.1) is 24.4 Å². The highest BCUT2D eigenvalue weighted by Gasteiger charge is 2.45. The summed E-state index contributed by atoms with van der Waals surface area (Å²) in [6, 6.07) is 0. The Morgan fingerprint density at radius 2 is 2.06 bits per heavy atom. The Hall–Kier alpha value is 0.550. The van der Waals surface area contributed by atoms with E-state index < -0.39 is 0 Å². The SMILES string of the molecule is CC[C@H](Br)[C@@H]1C[C@H](Br)[C@H]2C[C@H](O2)[C@@H](CC=O)O1. The van der Waals surface area contributed by atoms with E-state index in [1.54, 1.807) is 0 Å². The molecule has 5 heteroatoms. The second-order valence-corrected chi connectivity index (χ2v) is 7.09. The molecule has 6 atom stereocenters. The predicted octanol–water partition coefficient (Wildman–Crippen LogP) is 2.83. The maximum atomic E-state index is 10.7. The van der Waals surface area contributed by atoms with Crippen LogP contribution in [-0.2, 0) is 14.3 Å². The minimum absolute atomic E-state index is 0.0691. The van der Waals surface area contributed by atoms with Crippen molar-refractivity contribution >= 4 is 38.1 Å². The van der Waals surface area contributed by atoms with E-state index in [-0.39, 0.29) is 24.4 Å². The van der Waals surface area contributed by atoms with Gasteiger partial charge in [-0.15, -0.1) is 0 Å². The van der Waals surface area contributed by atoms with E-state index in [0.29, 0.717) is 16.1 Å². The number of halogens is 2. The van der Waals surface area contributed by atoms with Crippen LogP contribution in [0.2, 0.25) is 0 Å². The fourth-order valence-corrected chi connectivity index (χ4v) is 3.50. The van der Waals surface area contributed by atoms with Crippen molar-refractivity contribution < 1.29 is 14.3 Å². The van der Waals surface area contributed by atoms with E-state index in [4.69, 9.17) is 9.47 Å². The monoisotopic (exact) mass is 368 g/mol. The molecule has 2 bridgehead atoms. The Labute approximate surface area is 119 Å². The average Bonchev–Trinajstić information content (AvgIpc) is 2.22. The van der Waals surface area contributed by atoms with Crippen molar-refractivity contribution in [2.24, 2.45) is 0 Å². The van der Waals surface area contributed by atoms with Gasteiger partial charge in [-0.25, -0.2) is 0 Å². The molecule has 17 heavy (non-hydrogen) atoms. The lowest BCUT2D eigenvalue weighted by molar-refractivity contribution is -0.214. The van der Waals surface area contributed by atoms with Crippen LogP contribution in [0.4, 0.5) is 0 Å². The first-order valence-corrected chi connectivity index (χ1v) is 8.01. The Bertz CT molecular complexity index is 268. The van der Waals surface area contributed by atoms with Crippen LogP contribution >= 0.6 is 31.9 Å². The largest absolute Gasteiger partial charge is 0.371 e. The maximum absolute atomic E-state index is 10.7. The van der Waals surface area contributed by atoms with Crippen LogP contribution in [0.15, 0.2) is 0 Å². The van der Waals surface area contributed by atoms with E-state index in [1.807, 2.05) is 0 Å². The third-order valence-corrected chi connectivity index (χ3v) is 5.76. The summed E-state index contributed by atoms with van der Waals surface area (Å²) >= 11 is 7.34. The molecule has 0 aromatic rings. The van der Waals surface area contributed by atoms with E-state index in [9.17, 15) is 4.79 Å². The lowest BCUT2D eigenvalue weighted by Gasteiger charge is -2.47. The summed E-state index contributed by atoms with van der Waals surface area (Å²) in [5.41, 5.74) is 0. The topological polar surface area (TPSA) is 35.5 Å². The predicted molar refractivity (Wildman–Crippen MR) is 73.0 cm³/mol. The number of carbonyl (C=O) groups excluding carboxylic acids is 1. The molecule has 3 heterocycles. The molecule has 0 radical (unpaired) electrons.